The molecule has 5 rings (SSSR count). The minimum absolute atomic E-state index is 0.152. The normalized spacial score (nSPS) is 15.8. The van der Waals surface area contributed by atoms with Crippen molar-refractivity contribution >= 4 is 52.4 Å². The van der Waals surface area contributed by atoms with Crippen molar-refractivity contribution in [3.63, 3.8) is 0 Å². The predicted octanol–water partition coefficient (Wildman–Crippen LogP) is 5.51. The van der Waals surface area contributed by atoms with Crippen molar-refractivity contribution in [2.75, 3.05) is 17.2 Å². The molecule has 1 unspecified atom stereocenters. The summed E-state index contributed by atoms with van der Waals surface area (Å²) in [4.78, 5) is 26.3. The van der Waals surface area contributed by atoms with Crippen LogP contribution in [-0.2, 0) is 9.59 Å². The Labute approximate surface area is 203 Å². The largest absolute Gasteiger partial charge is 0.480 e. The number of anilines is 1. The number of halogens is 1. The van der Waals surface area contributed by atoms with Crippen LogP contribution in [0, 0.1) is 0 Å². The summed E-state index contributed by atoms with van der Waals surface area (Å²) in [5, 5.41) is 18.9. The average molecular weight is 496 g/mol. The topological polar surface area (TPSA) is 75.4 Å². The second-order valence-corrected chi connectivity index (χ2v) is 9.72. The Bertz CT molecular complexity index is 1320. The van der Waals surface area contributed by atoms with E-state index in [1.54, 1.807) is 22.1 Å². The van der Waals surface area contributed by atoms with Crippen LogP contribution in [-0.4, -0.2) is 39.1 Å². The highest BCUT2D eigenvalue weighted by molar-refractivity contribution is 8.00. The van der Waals surface area contributed by atoms with Crippen LogP contribution in [0.5, 0.6) is 0 Å². The summed E-state index contributed by atoms with van der Waals surface area (Å²) in [6.07, 6.45) is 0. The molecule has 1 aliphatic rings. The zero-order chi connectivity index (χ0) is 22.9. The fourth-order valence-corrected chi connectivity index (χ4v) is 6.12. The minimum atomic E-state index is -1.10. The maximum atomic E-state index is 13.2. The molecule has 1 amide bonds. The van der Waals surface area contributed by atoms with Gasteiger partial charge in [-0.05, 0) is 34.5 Å². The second kappa shape index (κ2) is 9.05. The fraction of sp³-hybridized carbons (Fsp3) is 0.125. The first-order valence-electron chi connectivity index (χ1n) is 10.1. The Kier molecular flexibility index (Phi) is 5.97. The number of thioether (sulfide) groups is 1. The number of carboxylic acid groups (broad SMARTS) is 1. The number of nitrogens with zero attached hydrogens (tertiary/aromatic N) is 3. The molecule has 2 aromatic heterocycles. The van der Waals surface area contributed by atoms with E-state index in [2.05, 4.69) is 5.38 Å². The number of hydrogen-bond acceptors (Lipinski definition) is 5. The van der Waals surface area contributed by atoms with Crippen molar-refractivity contribution < 1.29 is 14.7 Å². The number of carbonyl (C=O) groups is 2. The second-order valence-electron chi connectivity index (χ2n) is 7.44. The van der Waals surface area contributed by atoms with Crippen molar-refractivity contribution in [3.8, 4) is 16.9 Å². The molecule has 6 nitrogen and oxygen atoms in total. The minimum Gasteiger partial charge on any atom is -0.480 e. The summed E-state index contributed by atoms with van der Waals surface area (Å²) in [6.45, 7) is -0.465. The van der Waals surface area contributed by atoms with Crippen molar-refractivity contribution in [1.29, 1.82) is 0 Å². The third kappa shape index (κ3) is 4.06. The van der Waals surface area contributed by atoms with E-state index in [0.29, 0.717) is 22.2 Å². The highest BCUT2D eigenvalue weighted by Gasteiger charge is 2.38. The van der Waals surface area contributed by atoms with E-state index in [4.69, 9.17) is 16.7 Å². The van der Waals surface area contributed by atoms with E-state index in [-0.39, 0.29) is 16.9 Å². The lowest BCUT2D eigenvalue weighted by molar-refractivity contribution is -0.136. The van der Waals surface area contributed by atoms with Gasteiger partial charge < -0.3 is 5.11 Å². The van der Waals surface area contributed by atoms with Gasteiger partial charge in [0.2, 0.25) is 5.91 Å². The first-order valence-corrected chi connectivity index (χ1v) is 12.5. The zero-order valence-electron chi connectivity index (χ0n) is 17.2. The van der Waals surface area contributed by atoms with E-state index in [1.165, 1.54) is 16.7 Å². The number of aromatic nitrogens is 2. The molecule has 2 aromatic carbocycles. The highest BCUT2D eigenvalue weighted by Crippen LogP contribution is 2.49. The van der Waals surface area contributed by atoms with Crippen molar-refractivity contribution in [3.05, 3.63) is 87.6 Å². The van der Waals surface area contributed by atoms with Crippen LogP contribution in [0.25, 0.3) is 16.9 Å². The third-order valence-corrected chi connectivity index (χ3v) is 7.63. The predicted molar refractivity (Wildman–Crippen MR) is 133 cm³/mol. The SMILES string of the molecule is O=C(O)CN1C(=O)CSC(c2ccsc2)c2c(-c3ccccc3)nn(-c3ccccc3Cl)c21. The van der Waals surface area contributed by atoms with E-state index in [1.807, 2.05) is 60.0 Å². The van der Waals surface area contributed by atoms with Crippen LogP contribution in [0.1, 0.15) is 16.4 Å². The molecular weight excluding hydrogens is 478 g/mol. The molecule has 0 saturated carbocycles. The molecule has 4 aromatic rings. The molecular formula is C24H18ClN3O3S2. The summed E-state index contributed by atoms with van der Waals surface area (Å²) in [7, 11) is 0. The first-order chi connectivity index (χ1) is 16.0. The fourth-order valence-electron chi connectivity index (χ4n) is 3.94. The molecule has 166 valence electrons. The van der Waals surface area contributed by atoms with Crippen LogP contribution in [0.2, 0.25) is 5.02 Å². The smallest absolute Gasteiger partial charge is 0.323 e. The molecule has 0 saturated heterocycles. The number of thiophene rings is 1. The number of carboxylic acids is 1. The van der Waals surface area contributed by atoms with Gasteiger partial charge in [-0.2, -0.15) is 16.4 Å². The number of fused-ring (bicyclic) bond motifs is 1. The van der Waals surface area contributed by atoms with Crippen LogP contribution >= 0.6 is 34.7 Å². The number of carbonyl (C=O) groups excluding carboxylic acids is 1. The molecule has 0 bridgehead atoms. The monoisotopic (exact) mass is 495 g/mol. The molecule has 0 aliphatic carbocycles. The lowest BCUT2D eigenvalue weighted by Gasteiger charge is -2.22. The van der Waals surface area contributed by atoms with Gasteiger partial charge in [0, 0.05) is 11.1 Å². The number of hydrogen-bond donors (Lipinski definition) is 1. The van der Waals surface area contributed by atoms with Gasteiger partial charge in [-0.3, -0.25) is 14.5 Å². The highest BCUT2D eigenvalue weighted by atomic mass is 35.5. The summed E-state index contributed by atoms with van der Waals surface area (Å²) in [5.74, 6) is -0.787. The van der Waals surface area contributed by atoms with Crippen LogP contribution in [0.4, 0.5) is 5.82 Å². The molecule has 0 fully saturated rings. The zero-order valence-corrected chi connectivity index (χ0v) is 19.6. The quantitative estimate of drug-likeness (QED) is 0.395. The van der Waals surface area contributed by atoms with Crippen LogP contribution in [0.15, 0.2) is 71.4 Å². The Morgan fingerprint density at radius 3 is 2.58 bits per heavy atom. The van der Waals surface area contributed by atoms with Gasteiger partial charge in [0.25, 0.3) is 0 Å². The van der Waals surface area contributed by atoms with Gasteiger partial charge in [-0.25, -0.2) is 4.68 Å². The number of para-hydroxylation sites is 1. The van der Waals surface area contributed by atoms with Gasteiger partial charge in [0.1, 0.15) is 12.4 Å². The summed E-state index contributed by atoms with van der Waals surface area (Å²) < 4.78 is 1.62. The molecule has 0 spiro atoms. The number of benzene rings is 2. The molecule has 9 heteroatoms. The van der Waals surface area contributed by atoms with Crippen molar-refractivity contribution in [2.24, 2.45) is 0 Å². The number of rotatable bonds is 5. The molecule has 3 heterocycles. The molecule has 1 atom stereocenters. The van der Waals surface area contributed by atoms with E-state index < -0.39 is 12.5 Å². The lowest BCUT2D eigenvalue weighted by atomic mass is 10.0. The summed E-state index contributed by atoms with van der Waals surface area (Å²) in [5.41, 5.74) is 4.00. The molecule has 0 radical (unpaired) electrons. The molecule has 33 heavy (non-hydrogen) atoms. The van der Waals surface area contributed by atoms with Gasteiger partial charge in [-0.1, -0.05) is 54.1 Å². The van der Waals surface area contributed by atoms with Crippen LogP contribution in [0.3, 0.4) is 0 Å². The average Bonchev–Trinajstić information content (AvgIpc) is 3.45. The summed E-state index contributed by atoms with van der Waals surface area (Å²) in [6, 6.07) is 19.0. The standard InChI is InChI=1S/C24H18ClN3O3S2/c25-17-8-4-5-9-18(17)28-24-21(22(26-28)15-6-2-1-3-7-15)23(16-10-11-32-13-16)33-14-19(29)27(24)12-20(30)31/h1-11,13,23H,12,14H2,(H,30,31). The molecule has 1 N–H and O–H groups in total. The van der Waals surface area contributed by atoms with E-state index >= 15 is 0 Å². The van der Waals surface area contributed by atoms with Gasteiger partial charge >= 0.3 is 5.97 Å². The van der Waals surface area contributed by atoms with Gasteiger partial charge in [-0.15, -0.1) is 11.8 Å². The van der Waals surface area contributed by atoms with E-state index in [0.717, 1.165) is 16.7 Å². The molecule has 1 aliphatic heterocycles. The number of aliphatic carboxylic acids is 1. The Morgan fingerprint density at radius 1 is 1.12 bits per heavy atom. The van der Waals surface area contributed by atoms with Gasteiger partial charge in [0.05, 0.1) is 27.4 Å². The van der Waals surface area contributed by atoms with Crippen molar-refractivity contribution in [1.82, 2.24) is 9.78 Å². The third-order valence-electron chi connectivity index (χ3n) is 5.36. The van der Waals surface area contributed by atoms with Gasteiger partial charge in [0.15, 0.2) is 0 Å². The van der Waals surface area contributed by atoms with Crippen LogP contribution < -0.4 is 4.90 Å². The maximum Gasteiger partial charge on any atom is 0.323 e. The Hall–Kier alpha value is -3.07. The Morgan fingerprint density at radius 2 is 1.88 bits per heavy atom. The van der Waals surface area contributed by atoms with Crippen molar-refractivity contribution in [2.45, 2.75) is 5.25 Å². The summed E-state index contributed by atoms with van der Waals surface area (Å²) >= 11 is 9.60. The lowest BCUT2D eigenvalue weighted by Crippen LogP contribution is -2.38. The maximum absolute atomic E-state index is 13.2. The number of amides is 1. The van der Waals surface area contributed by atoms with E-state index in [9.17, 15) is 14.7 Å². The Balaban J connectivity index is 1.87. The first kappa shape index (κ1) is 21.8.